The van der Waals surface area contributed by atoms with Gasteiger partial charge in [-0.15, -0.1) is 0 Å². The summed E-state index contributed by atoms with van der Waals surface area (Å²) in [6.07, 6.45) is 2.33. The van der Waals surface area contributed by atoms with Crippen LogP contribution in [-0.4, -0.2) is 34.2 Å². The monoisotopic (exact) mass is 224 g/mol. The van der Waals surface area contributed by atoms with E-state index in [0.29, 0.717) is 24.3 Å². The molecule has 1 fully saturated rings. The molecule has 0 aromatic carbocycles. The predicted octanol–water partition coefficient (Wildman–Crippen LogP) is 1.12. The van der Waals surface area contributed by atoms with Crippen molar-refractivity contribution in [1.82, 2.24) is 15.0 Å². The van der Waals surface area contributed by atoms with Gasteiger partial charge in [0.05, 0.1) is 12.5 Å². The summed E-state index contributed by atoms with van der Waals surface area (Å²) in [5, 5.41) is 3.85. The van der Waals surface area contributed by atoms with E-state index in [2.05, 4.69) is 28.9 Å². The molecule has 0 radical (unpaired) electrons. The second-order valence-electron chi connectivity index (χ2n) is 4.68. The molecular weight excluding hydrogens is 204 g/mol. The maximum atomic E-state index is 5.47. The van der Waals surface area contributed by atoms with Crippen molar-refractivity contribution in [2.75, 3.05) is 13.1 Å². The first-order chi connectivity index (χ1) is 7.70. The van der Waals surface area contributed by atoms with Gasteiger partial charge in [0, 0.05) is 12.6 Å². The molecule has 1 aromatic rings. The average Bonchev–Trinajstić information content (AvgIpc) is 2.77. The van der Waals surface area contributed by atoms with Gasteiger partial charge >= 0.3 is 0 Å². The van der Waals surface area contributed by atoms with Gasteiger partial charge in [0.25, 0.3) is 0 Å². The van der Waals surface area contributed by atoms with Crippen LogP contribution in [0.25, 0.3) is 0 Å². The van der Waals surface area contributed by atoms with Gasteiger partial charge in [0.15, 0.2) is 5.82 Å². The van der Waals surface area contributed by atoms with Gasteiger partial charge in [-0.2, -0.15) is 4.98 Å². The van der Waals surface area contributed by atoms with E-state index in [4.69, 9.17) is 10.3 Å². The summed E-state index contributed by atoms with van der Waals surface area (Å²) < 4.78 is 5.26. The molecule has 0 saturated carbocycles. The normalized spacial score (nSPS) is 22.9. The van der Waals surface area contributed by atoms with Crippen LogP contribution in [-0.2, 0) is 6.54 Å². The van der Waals surface area contributed by atoms with Crippen LogP contribution in [0, 0.1) is 0 Å². The number of nitrogens with zero attached hydrogens (tertiary/aromatic N) is 3. The summed E-state index contributed by atoms with van der Waals surface area (Å²) in [4.78, 5) is 6.78. The smallest absolute Gasteiger partial charge is 0.231 e. The van der Waals surface area contributed by atoms with Crippen LogP contribution < -0.4 is 5.73 Å². The van der Waals surface area contributed by atoms with E-state index >= 15 is 0 Å². The summed E-state index contributed by atoms with van der Waals surface area (Å²) in [6, 6.07) is 0.583. The maximum absolute atomic E-state index is 5.47. The first-order valence-corrected chi connectivity index (χ1v) is 5.97. The Balaban J connectivity index is 2.03. The quantitative estimate of drug-likeness (QED) is 0.833. The second kappa shape index (κ2) is 4.93. The van der Waals surface area contributed by atoms with E-state index in [0.717, 1.165) is 18.9 Å². The molecule has 1 unspecified atom stereocenters. The van der Waals surface area contributed by atoms with Crippen molar-refractivity contribution in [3.8, 4) is 0 Å². The summed E-state index contributed by atoms with van der Waals surface area (Å²) >= 11 is 0. The summed E-state index contributed by atoms with van der Waals surface area (Å²) in [5.41, 5.74) is 5.47. The Morgan fingerprint density at radius 3 is 3.00 bits per heavy atom. The summed E-state index contributed by atoms with van der Waals surface area (Å²) in [5.74, 6) is 1.74. The van der Waals surface area contributed by atoms with E-state index in [1.165, 1.54) is 13.0 Å². The third-order valence-corrected chi connectivity index (χ3v) is 3.20. The van der Waals surface area contributed by atoms with Gasteiger partial charge in [-0.05, 0) is 33.2 Å². The lowest BCUT2D eigenvalue weighted by Gasteiger charge is -2.33. The Hall–Kier alpha value is -0.940. The molecule has 1 aliphatic heterocycles. The molecule has 2 heterocycles. The molecule has 1 saturated heterocycles. The van der Waals surface area contributed by atoms with Crippen molar-refractivity contribution in [1.29, 1.82) is 0 Å². The van der Waals surface area contributed by atoms with Crippen molar-refractivity contribution in [2.45, 2.75) is 45.2 Å². The van der Waals surface area contributed by atoms with E-state index in [9.17, 15) is 0 Å². The van der Waals surface area contributed by atoms with Crippen molar-refractivity contribution in [3.63, 3.8) is 0 Å². The number of piperidine rings is 1. The fraction of sp³-hybridized carbons (Fsp3) is 0.818. The van der Waals surface area contributed by atoms with Crippen molar-refractivity contribution < 1.29 is 4.52 Å². The van der Waals surface area contributed by atoms with Gasteiger partial charge < -0.3 is 15.2 Å². The topological polar surface area (TPSA) is 68.2 Å². The minimum atomic E-state index is 0.351. The van der Waals surface area contributed by atoms with E-state index in [1.807, 2.05) is 0 Å². The fourth-order valence-corrected chi connectivity index (χ4v) is 2.19. The molecular formula is C11H20N4O. The van der Waals surface area contributed by atoms with Crippen LogP contribution in [0.3, 0.4) is 0 Å². The molecule has 0 amide bonds. The van der Waals surface area contributed by atoms with Crippen molar-refractivity contribution >= 4 is 0 Å². The zero-order chi connectivity index (χ0) is 11.5. The lowest BCUT2D eigenvalue weighted by Crippen LogP contribution is -2.39. The molecule has 2 rings (SSSR count). The third-order valence-electron chi connectivity index (χ3n) is 3.20. The van der Waals surface area contributed by atoms with E-state index in [-0.39, 0.29) is 0 Å². The molecule has 5 heteroatoms. The highest BCUT2D eigenvalue weighted by atomic mass is 16.5. The van der Waals surface area contributed by atoms with Crippen LogP contribution in [0.5, 0.6) is 0 Å². The second-order valence-corrected chi connectivity index (χ2v) is 4.68. The third kappa shape index (κ3) is 2.41. The number of nitrogens with two attached hydrogens (primary N) is 1. The Bertz CT molecular complexity index is 336. The molecule has 16 heavy (non-hydrogen) atoms. The first kappa shape index (κ1) is 11.5. The van der Waals surface area contributed by atoms with E-state index < -0.39 is 0 Å². The van der Waals surface area contributed by atoms with Gasteiger partial charge in [-0.3, -0.25) is 0 Å². The summed E-state index contributed by atoms with van der Waals surface area (Å²) in [6.45, 7) is 6.99. The highest BCUT2D eigenvalue weighted by molar-refractivity contribution is 4.97. The zero-order valence-electron chi connectivity index (χ0n) is 10.0. The number of hydrogen-bond acceptors (Lipinski definition) is 5. The molecule has 90 valence electrons. The van der Waals surface area contributed by atoms with Crippen LogP contribution >= 0.6 is 0 Å². The van der Waals surface area contributed by atoms with Crippen LogP contribution in [0.1, 0.15) is 44.3 Å². The van der Waals surface area contributed by atoms with Crippen molar-refractivity contribution in [2.24, 2.45) is 5.73 Å². The molecule has 0 spiro atoms. The SMILES string of the molecule is CC(C)N1CCCC(c2nc(CN)no2)C1. The molecule has 0 bridgehead atoms. The highest BCUT2D eigenvalue weighted by Gasteiger charge is 2.26. The first-order valence-electron chi connectivity index (χ1n) is 5.97. The lowest BCUT2D eigenvalue weighted by molar-refractivity contribution is 0.153. The number of aromatic nitrogens is 2. The number of rotatable bonds is 3. The zero-order valence-corrected chi connectivity index (χ0v) is 10.0. The Labute approximate surface area is 96.0 Å². The molecule has 5 nitrogen and oxygen atoms in total. The van der Waals surface area contributed by atoms with Gasteiger partial charge in [-0.25, -0.2) is 0 Å². The molecule has 2 N–H and O–H groups in total. The fourth-order valence-electron chi connectivity index (χ4n) is 2.19. The lowest BCUT2D eigenvalue weighted by atomic mass is 9.97. The standard InChI is InChI=1S/C11H20N4O/c1-8(2)15-5-3-4-9(7-15)11-13-10(6-12)14-16-11/h8-9H,3-7,12H2,1-2H3. The predicted molar refractivity (Wildman–Crippen MR) is 60.9 cm³/mol. The molecule has 1 aromatic heterocycles. The van der Waals surface area contributed by atoms with Crippen LogP contribution in [0.4, 0.5) is 0 Å². The summed E-state index contributed by atoms with van der Waals surface area (Å²) in [7, 11) is 0. The largest absolute Gasteiger partial charge is 0.339 e. The Morgan fingerprint density at radius 2 is 2.38 bits per heavy atom. The van der Waals surface area contributed by atoms with E-state index in [1.54, 1.807) is 0 Å². The van der Waals surface area contributed by atoms with Crippen LogP contribution in [0.2, 0.25) is 0 Å². The van der Waals surface area contributed by atoms with Crippen LogP contribution in [0.15, 0.2) is 4.52 Å². The molecule has 0 aliphatic carbocycles. The highest BCUT2D eigenvalue weighted by Crippen LogP contribution is 2.26. The number of likely N-dealkylation sites (tertiary alicyclic amines) is 1. The molecule has 1 atom stereocenters. The van der Waals surface area contributed by atoms with Gasteiger partial charge in [0.1, 0.15) is 0 Å². The average molecular weight is 224 g/mol. The number of hydrogen-bond donors (Lipinski definition) is 1. The minimum absolute atomic E-state index is 0.351. The van der Waals surface area contributed by atoms with Gasteiger partial charge in [-0.1, -0.05) is 5.16 Å². The van der Waals surface area contributed by atoms with Gasteiger partial charge in [0.2, 0.25) is 5.89 Å². The minimum Gasteiger partial charge on any atom is -0.339 e. The molecule has 1 aliphatic rings. The maximum Gasteiger partial charge on any atom is 0.231 e. The Morgan fingerprint density at radius 1 is 1.56 bits per heavy atom. The van der Waals surface area contributed by atoms with Crippen molar-refractivity contribution in [3.05, 3.63) is 11.7 Å². The Kier molecular flexibility index (Phi) is 3.56.